The van der Waals surface area contributed by atoms with E-state index in [4.69, 9.17) is 5.73 Å². The van der Waals surface area contributed by atoms with Crippen molar-refractivity contribution in [2.45, 2.75) is 32.9 Å². The Morgan fingerprint density at radius 1 is 1.44 bits per heavy atom. The van der Waals surface area contributed by atoms with E-state index in [1.807, 2.05) is 13.8 Å². The predicted octanol–water partition coefficient (Wildman–Crippen LogP) is 2.79. The zero-order chi connectivity index (χ0) is 12.8. The molecule has 0 fully saturated rings. The Bertz CT molecular complexity index is 410. The van der Waals surface area contributed by atoms with Gasteiger partial charge in [-0.3, -0.25) is 0 Å². The normalized spacial score (nSPS) is 12.8. The molecule has 1 unspecified atom stereocenters. The van der Waals surface area contributed by atoms with Gasteiger partial charge in [-0.1, -0.05) is 6.92 Å². The second-order valence-electron chi connectivity index (χ2n) is 3.89. The molecule has 102 valence electrons. The largest absolute Gasteiger partial charge is 0.370 e. The highest BCUT2D eigenvalue weighted by molar-refractivity contribution is 14.0. The fraction of sp³-hybridized carbons (Fsp3) is 0.417. The average Bonchev–Trinajstić information content (AvgIpc) is 2.30. The lowest BCUT2D eigenvalue weighted by Crippen LogP contribution is -2.38. The number of guanidine groups is 1. The van der Waals surface area contributed by atoms with Crippen LogP contribution in [0.25, 0.3) is 0 Å². The second-order valence-corrected chi connectivity index (χ2v) is 3.89. The molecule has 18 heavy (non-hydrogen) atoms. The number of nitrogens with one attached hydrogen (secondary N) is 1. The van der Waals surface area contributed by atoms with Gasteiger partial charge < -0.3 is 11.1 Å². The van der Waals surface area contributed by atoms with Gasteiger partial charge in [0.2, 0.25) is 0 Å². The van der Waals surface area contributed by atoms with Gasteiger partial charge in [-0.05, 0) is 31.5 Å². The first-order chi connectivity index (χ1) is 8.02. The van der Waals surface area contributed by atoms with Gasteiger partial charge in [-0.25, -0.2) is 13.8 Å². The molecule has 0 saturated heterocycles. The van der Waals surface area contributed by atoms with Gasteiger partial charge in [0.05, 0.1) is 6.54 Å². The first-order valence-corrected chi connectivity index (χ1v) is 5.53. The van der Waals surface area contributed by atoms with Crippen molar-refractivity contribution >= 4 is 29.9 Å². The summed E-state index contributed by atoms with van der Waals surface area (Å²) < 4.78 is 26.1. The third kappa shape index (κ3) is 5.61. The fourth-order valence-corrected chi connectivity index (χ4v) is 1.23. The highest BCUT2D eigenvalue weighted by Gasteiger charge is 2.04. The van der Waals surface area contributed by atoms with Crippen molar-refractivity contribution in [2.75, 3.05) is 0 Å². The molecule has 0 aliphatic rings. The number of hydrogen-bond donors (Lipinski definition) is 2. The van der Waals surface area contributed by atoms with Gasteiger partial charge in [0.1, 0.15) is 11.6 Å². The Kier molecular flexibility index (Phi) is 7.81. The standard InChI is InChI=1S/C12H17F2N3.HI/c1-3-8(2)17-12(15)16-7-9-6-10(13)4-5-11(9)14;/h4-6,8H,3,7H2,1-2H3,(H3,15,16,17);1H. The second kappa shape index (κ2) is 8.23. The summed E-state index contributed by atoms with van der Waals surface area (Å²) in [6, 6.07) is 3.48. The van der Waals surface area contributed by atoms with E-state index >= 15 is 0 Å². The third-order valence-electron chi connectivity index (χ3n) is 2.43. The highest BCUT2D eigenvalue weighted by atomic mass is 127. The molecule has 0 spiro atoms. The van der Waals surface area contributed by atoms with Crippen LogP contribution in [-0.4, -0.2) is 12.0 Å². The molecule has 3 nitrogen and oxygen atoms in total. The van der Waals surface area contributed by atoms with Crippen molar-refractivity contribution in [3.63, 3.8) is 0 Å². The van der Waals surface area contributed by atoms with Gasteiger partial charge in [-0.15, -0.1) is 24.0 Å². The van der Waals surface area contributed by atoms with Gasteiger partial charge >= 0.3 is 0 Å². The minimum absolute atomic E-state index is 0. The van der Waals surface area contributed by atoms with Gasteiger partial charge in [0.25, 0.3) is 0 Å². The van der Waals surface area contributed by atoms with Crippen LogP contribution in [0.1, 0.15) is 25.8 Å². The van der Waals surface area contributed by atoms with Crippen molar-refractivity contribution < 1.29 is 8.78 Å². The van der Waals surface area contributed by atoms with Crippen LogP contribution >= 0.6 is 24.0 Å². The van der Waals surface area contributed by atoms with Crippen molar-refractivity contribution in [1.29, 1.82) is 0 Å². The van der Waals surface area contributed by atoms with E-state index in [-0.39, 0.29) is 48.1 Å². The SMILES string of the molecule is CCC(C)NC(N)=NCc1cc(F)ccc1F.I. The van der Waals surface area contributed by atoms with E-state index in [2.05, 4.69) is 10.3 Å². The zero-order valence-corrected chi connectivity index (χ0v) is 12.7. The lowest BCUT2D eigenvalue weighted by atomic mass is 10.2. The summed E-state index contributed by atoms with van der Waals surface area (Å²) in [6.07, 6.45) is 0.907. The molecule has 1 atom stereocenters. The molecule has 0 heterocycles. The van der Waals surface area contributed by atoms with E-state index in [1.54, 1.807) is 0 Å². The number of hydrogen-bond acceptors (Lipinski definition) is 1. The Morgan fingerprint density at radius 2 is 2.11 bits per heavy atom. The van der Waals surface area contributed by atoms with E-state index in [0.29, 0.717) is 0 Å². The van der Waals surface area contributed by atoms with E-state index < -0.39 is 11.6 Å². The molecule has 0 bridgehead atoms. The number of halogens is 3. The molecule has 0 radical (unpaired) electrons. The minimum atomic E-state index is -0.481. The molecular weight excluding hydrogens is 351 g/mol. The number of nitrogens with zero attached hydrogens (tertiary/aromatic N) is 1. The van der Waals surface area contributed by atoms with Crippen molar-refractivity contribution in [3.05, 3.63) is 35.4 Å². The maximum absolute atomic E-state index is 13.3. The molecule has 0 saturated carbocycles. The van der Waals surface area contributed by atoms with Crippen LogP contribution in [-0.2, 0) is 6.54 Å². The van der Waals surface area contributed by atoms with Crippen LogP contribution in [0, 0.1) is 11.6 Å². The monoisotopic (exact) mass is 369 g/mol. The van der Waals surface area contributed by atoms with Crippen LogP contribution in [0.2, 0.25) is 0 Å². The van der Waals surface area contributed by atoms with E-state index in [0.717, 1.165) is 24.6 Å². The highest BCUT2D eigenvalue weighted by Crippen LogP contribution is 2.10. The summed E-state index contributed by atoms with van der Waals surface area (Å²) >= 11 is 0. The Labute approximate surface area is 123 Å². The van der Waals surface area contributed by atoms with Crippen molar-refractivity contribution in [2.24, 2.45) is 10.7 Å². The number of nitrogens with two attached hydrogens (primary N) is 1. The van der Waals surface area contributed by atoms with Crippen LogP contribution in [0.15, 0.2) is 23.2 Å². The zero-order valence-electron chi connectivity index (χ0n) is 10.4. The van der Waals surface area contributed by atoms with Crippen LogP contribution in [0.3, 0.4) is 0 Å². The van der Waals surface area contributed by atoms with Gasteiger partial charge in [-0.2, -0.15) is 0 Å². The Morgan fingerprint density at radius 3 is 2.72 bits per heavy atom. The molecule has 1 aromatic rings. The quantitative estimate of drug-likeness (QED) is 0.487. The average molecular weight is 369 g/mol. The maximum Gasteiger partial charge on any atom is 0.189 e. The molecule has 0 aliphatic carbocycles. The smallest absolute Gasteiger partial charge is 0.189 e. The number of rotatable bonds is 4. The first-order valence-electron chi connectivity index (χ1n) is 5.53. The van der Waals surface area contributed by atoms with Crippen LogP contribution < -0.4 is 11.1 Å². The Balaban J connectivity index is 0.00000289. The number of benzene rings is 1. The van der Waals surface area contributed by atoms with E-state index in [1.165, 1.54) is 0 Å². The van der Waals surface area contributed by atoms with Crippen LogP contribution in [0.5, 0.6) is 0 Å². The number of aliphatic imine (C=N–C) groups is 1. The van der Waals surface area contributed by atoms with Crippen LogP contribution in [0.4, 0.5) is 8.78 Å². The Hall–Kier alpha value is -0.920. The lowest BCUT2D eigenvalue weighted by molar-refractivity contribution is 0.585. The van der Waals surface area contributed by atoms with Crippen molar-refractivity contribution in [1.82, 2.24) is 5.32 Å². The molecule has 1 aromatic carbocycles. The van der Waals surface area contributed by atoms with Crippen molar-refractivity contribution in [3.8, 4) is 0 Å². The third-order valence-corrected chi connectivity index (χ3v) is 2.43. The predicted molar refractivity (Wildman–Crippen MR) is 80.0 cm³/mol. The summed E-state index contributed by atoms with van der Waals surface area (Å²) in [7, 11) is 0. The summed E-state index contributed by atoms with van der Waals surface area (Å²) in [6.45, 7) is 4.00. The molecule has 1 rings (SSSR count). The van der Waals surface area contributed by atoms with E-state index in [9.17, 15) is 8.78 Å². The fourth-order valence-electron chi connectivity index (χ4n) is 1.23. The summed E-state index contributed by atoms with van der Waals surface area (Å²) in [5.41, 5.74) is 5.80. The lowest BCUT2D eigenvalue weighted by Gasteiger charge is -2.11. The summed E-state index contributed by atoms with van der Waals surface area (Å²) in [4.78, 5) is 3.96. The molecule has 0 aromatic heterocycles. The topological polar surface area (TPSA) is 50.4 Å². The maximum atomic E-state index is 13.3. The molecule has 6 heteroatoms. The summed E-state index contributed by atoms with van der Waals surface area (Å²) in [5.74, 6) is -0.723. The molecule has 0 aliphatic heterocycles. The van der Waals surface area contributed by atoms with Gasteiger partial charge in [0, 0.05) is 11.6 Å². The minimum Gasteiger partial charge on any atom is -0.370 e. The van der Waals surface area contributed by atoms with Gasteiger partial charge in [0.15, 0.2) is 5.96 Å². The molecular formula is C12H18F2IN3. The molecule has 0 amide bonds. The molecule has 3 N–H and O–H groups in total. The summed E-state index contributed by atoms with van der Waals surface area (Å²) in [5, 5.41) is 2.95. The first kappa shape index (κ1) is 17.1.